The smallest absolute Gasteiger partial charge is 0.279 e. The monoisotopic (exact) mass is 396 g/mol. The second kappa shape index (κ2) is 7.07. The molecule has 0 atom stereocenters. The van der Waals surface area contributed by atoms with Crippen LogP contribution in [0, 0.1) is 0 Å². The molecule has 0 N–H and O–H groups in total. The number of thiazole rings is 1. The largest absolute Gasteiger partial charge is 0.493 e. The number of ether oxygens (including phenoxy) is 2. The number of amides is 1. The summed E-state index contributed by atoms with van der Waals surface area (Å²) in [6.45, 7) is 0. The summed E-state index contributed by atoms with van der Waals surface area (Å²) in [5.74, 6) is 0.636. The maximum Gasteiger partial charge on any atom is 0.279 e. The zero-order valence-electron chi connectivity index (χ0n) is 13.7. The van der Waals surface area contributed by atoms with E-state index in [0.717, 1.165) is 10.2 Å². The van der Waals surface area contributed by atoms with Crippen molar-refractivity contribution in [1.82, 2.24) is 4.57 Å². The van der Waals surface area contributed by atoms with Crippen LogP contribution < -0.4 is 14.3 Å². The summed E-state index contributed by atoms with van der Waals surface area (Å²) in [5.41, 5.74) is 1.19. The van der Waals surface area contributed by atoms with Crippen LogP contribution >= 0.6 is 34.5 Å². The standard InChI is InChI=1S/C17H14Cl2N2O3S/c1-21-15-11(19)7-10(18)8-14(15)25-17(21)20-16(22)9-4-5-12(23-2)13(6-9)24-3/h4-8H,1-3H3. The molecule has 0 spiro atoms. The average Bonchev–Trinajstić information content (AvgIpc) is 2.89. The van der Waals surface area contributed by atoms with Gasteiger partial charge in [0, 0.05) is 17.6 Å². The van der Waals surface area contributed by atoms with Gasteiger partial charge >= 0.3 is 0 Å². The zero-order chi connectivity index (χ0) is 18.1. The van der Waals surface area contributed by atoms with Crippen LogP contribution in [-0.4, -0.2) is 24.7 Å². The Morgan fingerprint density at radius 3 is 2.52 bits per heavy atom. The van der Waals surface area contributed by atoms with E-state index in [1.165, 1.54) is 25.6 Å². The minimum Gasteiger partial charge on any atom is -0.493 e. The molecule has 3 aromatic rings. The predicted octanol–water partition coefficient (Wildman–Crippen LogP) is 4.30. The number of aromatic nitrogens is 1. The Hall–Kier alpha value is -2.02. The molecule has 3 rings (SSSR count). The first kappa shape index (κ1) is 17.8. The van der Waals surface area contributed by atoms with Crippen LogP contribution in [0.15, 0.2) is 35.3 Å². The minimum atomic E-state index is -0.384. The van der Waals surface area contributed by atoms with E-state index in [4.69, 9.17) is 32.7 Å². The van der Waals surface area contributed by atoms with Gasteiger partial charge in [0.2, 0.25) is 0 Å². The van der Waals surface area contributed by atoms with Crippen molar-refractivity contribution in [3.05, 3.63) is 50.7 Å². The Morgan fingerprint density at radius 2 is 1.84 bits per heavy atom. The second-order valence-electron chi connectivity index (χ2n) is 5.16. The molecule has 1 heterocycles. The Bertz CT molecular complexity index is 1040. The molecule has 0 aliphatic heterocycles. The van der Waals surface area contributed by atoms with E-state index in [1.54, 1.807) is 41.9 Å². The summed E-state index contributed by atoms with van der Waals surface area (Å²) < 4.78 is 13.0. The summed E-state index contributed by atoms with van der Waals surface area (Å²) in [7, 11) is 4.86. The van der Waals surface area contributed by atoms with Gasteiger partial charge in [-0.2, -0.15) is 4.99 Å². The number of nitrogens with zero attached hydrogens (tertiary/aromatic N) is 2. The molecular formula is C17H14Cl2N2O3S. The van der Waals surface area contributed by atoms with Crippen LogP contribution in [0.5, 0.6) is 11.5 Å². The quantitative estimate of drug-likeness (QED) is 0.662. The number of aryl methyl sites for hydroxylation is 1. The number of hydrogen-bond acceptors (Lipinski definition) is 4. The topological polar surface area (TPSA) is 52.8 Å². The van der Waals surface area contributed by atoms with Crippen molar-refractivity contribution in [1.29, 1.82) is 0 Å². The molecule has 1 amide bonds. The SMILES string of the molecule is COc1ccc(C(=O)N=c2sc3cc(Cl)cc(Cl)c3n2C)cc1OC. The van der Waals surface area contributed by atoms with E-state index in [2.05, 4.69) is 4.99 Å². The highest BCUT2D eigenvalue weighted by atomic mass is 35.5. The van der Waals surface area contributed by atoms with Gasteiger partial charge in [0.05, 0.1) is 29.5 Å². The van der Waals surface area contributed by atoms with Crippen molar-refractivity contribution >= 4 is 50.7 Å². The van der Waals surface area contributed by atoms with Gasteiger partial charge in [0.15, 0.2) is 16.3 Å². The van der Waals surface area contributed by atoms with E-state index in [-0.39, 0.29) is 5.91 Å². The number of methoxy groups -OCH3 is 2. The first-order valence-electron chi connectivity index (χ1n) is 7.20. The number of rotatable bonds is 3. The fraction of sp³-hybridized carbons (Fsp3) is 0.176. The van der Waals surface area contributed by atoms with Crippen LogP contribution in [0.1, 0.15) is 10.4 Å². The predicted molar refractivity (Wildman–Crippen MR) is 100 cm³/mol. The van der Waals surface area contributed by atoms with Crippen LogP contribution in [0.4, 0.5) is 0 Å². The Kier molecular flexibility index (Phi) is 5.03. The van der Waals surface area contributed by atoms with Crippen LogP contribution in [-0.2, 0) is 7.05 Å². The van der Waals surface area contributed by atoms with E-state index in [1.807, 2.05) is 0 Å². The second-order valence-corrected chi connectivity index (χ2v) is 7.02. The van der Waals surface area contributed by atoms with Crippen molar-refractivity contribution in [3.8, 4) is 11.5 Å². The fourth-order valence-electron chi connectivity index (χ4n) is 2.43. The van der Waals surface area contributed by atoms with E-state index < -0.39 is 0 Å². The molecule has 130 valence electrons. The van der Waals surface area contributed by atoms with Crippen molar-refractivity contribution in [2.24, 2.45) is 12.0 Å². The maximum atomic E-state index is 12.5. The molecule has 25 heavy (non-hydrogen) atoms. The normalized spacial score (nSPS) is 11.8. The van der Waals surface area contributed by atoms with Gasteiger partial charge in [0.25, 0.3) is 5.91 Å². The molecule has 2 aromatic carbocycles. The van der Waals surface area contributed by atoms with Gasteiger partial charge in [-0.15, -0.1) is 0 Å². The molecular weight excluding hydrogens is 383 g/mol. The van der Waals surface area contributed by atoms with E-state index >= 15 is 0 Å². The Balaban J connectivity index is 2.09. The summed E-state index contributed by atoms with van der Waals surface area (Å²) in [6.07, 6.45) is 0. The lowest BCUT2D eigenvalue weighted by molar-refractivity contribution is 0.0997. The van der Waals surface area contributed by atoms with Crippen LogP contribution in [0.2, 0.25) is 10.0 Å². The molecule has 0 aliphatic rings. The molecule has 0 saturated heterocycles. The van der Waals surface area contributed by atoms with Gasteiger partial charge < -0.3 is 14.0 Å². The summed E-state index contributed by atoms with van der Waals surface area (Å²) >= 11 is 13.6. The lowest BCUT2D eigenvalue weighted by Gasteiger charge is -2.07. The third-order valence-corrected chi connectivity index (χ3v) is 5.23. The number of carbonyl (C=O) groups excluding carboxylic acids is 1. The van der Waals surface area contributed by atoms with Crippen molar-refractivity contribution in [3.63, 3.8) is 0 Å². The summed E-state index contributed by atoms with van der Waals surface area (Å²) in [5, 5.41) is 1.05. The molecule has 5 nitrogen and oxygen atoms in total. The number of halogens is 2. The van der Waals surface area contributed by atoms with E-state index in [0.29, 0.717) is 31.9 Å². The molecule has 0 aliphatic carbocycles. The van der Waals surface area contributed by atoms with Crippen LogP contribution in [0.3, 0.4) is 0 Å². The highest BCUT2D eigenvalue weighted by Crippen LogP contribution is 2.30. The molecule has 0 radical (unpaired) electrons. The van der Waals surface area contributed by atoms with E-state index in [9.17, 15) is 4.79 Å². The van der Waals surface area contributed by atoms with Gasteiger partial charge in [0.1, 0.15) is 0 Å². The first-order valence-corrected chi connectivity index (χ1v) is 8.77. The summed E-state index contributed by atoms with van der Waals surface area (Å²) in [4.78, 5) is 17.3. The van der Waals surface area contributed by atoms with Crippen molar-refractivity contribution < 1.29 is 14.3 Å². The van der Waals surface area contributed by atoms with Gasteiger partial charge in [-0.1, -0.05) is 34.5 Å². The fourth-order valence-corrected chi connectivity index (χ4v) is 4.25. The minimum absolute atomic E-state index is 0.384. The first-order chi connectivity index (χ1) is 11.9. The zero-order valence-corrected chi connectivity index (χ0v) is 16.0. The van der Waals surface area contributed by atoms with Crippen LogP contribution in [0.25, 0.3) is 10.2 Å². The number of hydrogen-bond donors (Lipinski definition) is 0. The number of benzene rings is 2. The molecule has 8 heteroatoms. The highest BCUT2D eigenvalue weighted by molar-refractivity contribution is 7.16. The Labute approximate surface area is 158 Å². The van der Waals surface area contributed by atoms with Gasteiger partial charge in [-0.05, 0) is 30.3 Å². The maximum absolute atomic E-state index is 12.5. The lowest BCUT2D eigenvalue weighted by Crippen LogP contribution is -2.13. The molecule has 0 fully saturated rings. The third kappa shape index (κ3) is 3.38. The average molecular weight is 397 g/mol. The Morgan fingerprint density at radius 1 is 1.12 bits per heavy atom. The molecule has 1 aromatic heterocycles. The molecule has 0 unspecified atom stereocenters. The molecule has 0 saturated carbocycles. The lowest BCUT2D eigenvalue weighted by atomic mass is 10.2. The van der Waals surface area contributed by atoms with Crippen molar-refractivity contribution in [2.75, 3.05) is 14.2 Å². The van der Waals surface area contributed by atoms with Gasteiger partial charge in [-0.3, -0.25) is 4.79 Å². The number of carbonyl (C=O) groups is 1. The van der Waals surface area contributed by atoms with Gasteiger partial charge in [-0.25, -0.2) is 0 Å². The molecule has 0 bridgehead atoms. The number of fused-ring (bicyclic) bond motifs is 1. The van der Waals surface area contributed by atoms with Crippen molar-refractivity contribution in [2.45, 2.75) is 0 Å². The highest BCUT2D eigenvalue weighted by Gasteiger charge is 2.13. The summed E-state index contributed by atoms with van der Waals surface area (Å²) in [6, 6.07) is 8.38. The third-order valence-electron chi connectivity index (χ3n) is 3.64.